The van der Waals surface area contributed by atoms with Gasteiger partial charge in [-0.3, -0.25) is 0 Å². The first-order chi connectivity index (χ1) is 5.71. The molecule has 0 atom stereocenters. The maximum atomic E-state index is 2.65. The van der Waals surface area contributed by atoms with Crippen molar-refractivity contribution >= 4 is 16.9 Å². The van der Waals surface area contributed by atoms with Crippen molar-refractivity contribution in [3.8, 4) is 0 Å². The van der Waals surface area contributed by atoms with Gasteiger partial charge >= 0.3 is 98.7 Å². The Kier molecular flexibility index (Phi) is 4.67. The normalized spacial score (nSPS) is 16.3. The van der Waals surface area contributed by atoms with Gasteiger partial charge in [0, 0.05) is 0 Å². The summed E-state index contributed by atoms with van der Waals surface area (Å²) in [5.74, 6) is 0. The van der Waals surface area contributed by atoms with Crippen molar-refractivity contribution < 1.29 is 25.8 Å². The zero-order valence-electron chi connectivity index (χ0n) is 12.2. The van der Waals surface area contributed by atoms with Gasteiger partial charge in [-0.25, -0.2) is 0 Å². The molecule has 0 radical (unpaired) electrons. The molecule has 0 saturated heterocycles. The number of unbranched alkanes of at least 4 members (excludes halogenated alkanes) is 1. The van der Waals surface area contributed by atoms with Crippen LogP contribution in [0.15, 0.2) is 0 Å². The Morgan fingerprint density at radius 2 is 0.857 bits per heavy atom. The minimum atomic E-state index is -1.94. The first kappa shape index (κ1) is 15.7. The molecule has 0 saturated carbocycles. The summed E-state index contributed by atoms with van der Waals surface area (Å²) < 4.78 is 0. The summed E-state index contributed by atoms with van der Waals surface area (Å²) in [6.07, 6.45) is 3.12. The Labute approximate surface area is 98.0 Å². The van der Waals surface area contributed by atoms with Crippen molar-refractivity contribution in [3.05, 3.63) is 0 Å². The molecule has 0 aliphatic carbocycles. The third kappa shape index (κ3) is 13.7. The van der Waals surface area contributed by atoms with Crippen LogP contribution in [0.3, 0.4) is 0 Å². The molecule has 4 heteroatoms. The van der Waals surface area contributed by atoms with Crippen molar-refractivity contribution in [1.82, 2.24) is 0 Å². The van der Waals surface area contributed by atoms with E-state index in [2.05, 4.69) is 33.1 Å². The average Bonchev–Trinajstić information content (AvgIpc) is 1.72. The molecular weight excluding hydrogens is 307 g/mol. The second-order valence-corrected chi connectivity index (χ2v) is 124. The molecule has 0 amide bonds. The SMILES string of the molecule is [CH3][Zn]([CH3])([CH3])([SiH3])[CH2]CC[CH2][Zn]([CH3])([CH3])([CH3])[SiH3]. The Bertz CT molecular complexity index is 165. The van der Waals surface area contributed by atoms with Crippen LogP contribution in [0.4, 0.5) is 0 Å². The molecule has 0 aromatic carbocycles. The van der Waals surface area contributed by atoms with Gasteiger partial charge < -0.3 is 0 Å². The summed E-state index contributed by atoms with van der Waals surface area (Å²) in [5.41, 5.74) is 15.9. The summed E-state index contributed by atoms with van der Waals surface area (Å²) in [7, 11) is 3.06. The van der Waals surface area contributed by atoms with E-state index in [9.17, 15) is 0 Å². The number of hydrogen-bond acceptors (Lipinski definition) is 0. The van der Waals surface area contributed by atoms with E-state index in [1.54, 1.807) is 22.9 Å². The first-order valence-electron chi connectivity index (χ1n) is 8.16. The zero-order valence-corrected chi connectivity index (χ0v) is 22.2. The van der Waals surface area contributed by atoms with Crippen LogP contribution in [0.5, 0.6) is 0 Å². The van der Waals surface area contributed by atoms with Gasteiger partial charge in [-0.05, 0) is 0 Å². The van der Waals surface area contributed by atoms with Crippen molar-refractivity contribution in [2.45, 2.75) is 56.0 Å². The predicted molar refractivity (Wildman–Crippen MR) is 73.9 cm³/mol. The summed E-state index contributed by atoms with van der Waals surface area (Å²) in [6, 6.07) is 0. The number of hydrogen-bond donors (Lipinski definition) is 0. The van der Waals surface area contributed by atoms with Gasteiger partial charge in [-0.2, -0.15) is 0 Å². The van der Waals surface area contributed by atoms with Crippen molar-refractivity contribution in [3.63, 3.8) is 0 Å². The van der Waals surface area contributed by atoms with E-state index >= 15 is 0 Å². The first-order valence-corrected chi connectivity index (χ1v) is 50.8. The summed E-state index contributed by atoms with van der Waals surface area (Å²) in [6.45, 7) is 0. The van der Waals surface area contributed by atoms with E-state index in [4.69, 9.17) is 0 Å². The van der Waals surface area contributed by atoms with Crippen LogP contribution in [-0.2, 0) is 25.8 Å². The molecule has 0 aromatic rings. The van der Waals surface area contributed by atoms with Crippen LogP contribution in [0.2, 0.25) is 43.1 Å². The van der Waals surface area contributed by atoms with E-state index in [1.807, 2.05) is 0 Å². The Morgan fingerprint density at radius 3 is 1.00 bits per heavy atom. The van der Waals surface area contributed by atoms with E-state index in [0.29, 0.717) is 0 Å². The minimum absolute atomic E-state index is 1.53. The number of rotatable bonds is 5. The van der Waals surface area contributed by atoms with Crippen LogP contribution in [0, 0.1) is 0 Å². The fourth-order valence-corrected chi connectivity index (χ4v) is 17.4. The molecule has 0 aliphatic rings. The molecule has 0 unspecified atom stereocenters. The molecule has 0 nitrogen and oxygen atoms in total. The molecule has 0 spiro atoms. The third-order valence-electron chi connectivity index (χ3n) is 3.58. The summed E-state index contributed by atoms with van der Waals surface area (Å²) in [5, 5.41) is 3.29. The van der Waals surface area contributed by atoms with Gasteiger partial charge in [0.1, 0.15) is 0 Å². The average molecular weight is 339 g/mol. The Hall–Kier alpha value is 1.68. The van der Waals surface area contributed by atoms with Crippen LogP contribution >= 0.6 is 0 Å². The Balaban J connectivity index is 3.81. The molecule has 0 heterocycles. The summed E-state index contributed by atoms with van der Waals surface area (Å²) in [4.78, 5) is 0. The van der Waals surface area contributed by atoms with Crippen LogP contribution in [-0.4, -0.2) is 16.9 Å². The zero-order chi connectivity index (χ0) is 11.7. The van der Waals surface area contributed by atoms with E-state index in [0.717, 1.165) is 0 Å². The van der Waals surface area contributed by atoms with Crippen molar-refractivity contribution in [1.29, 1.82) is 0 Å². The molecule has 0 bridgehead atoms. The van der Waals surface area contributed by atoms with Crippen molar-refractivity contribution in [2.24, 2.45) is 0 Å². The van der Waals surface area contributed by atoms with E-state index in [1.165, 1.54) is 16.9 Å². The van der Waals surface area contributed by atoms with Crippen LogP contribution in [0.1, 0.15) is 12.8 Å². The van der Waals surface area contributed by atoms with Crippen LogP contribution < -0.4 is 0 Å². The third-order valence-corrected chi connectivity index (χ3v) is 24.9. The van der Waals surface area contributed by atoms with E-state index in [-0.39, 0.29) is 0 Å². The summed E-state index contributed by atoms with van der Waals surface area (Å²) >= 11 is -3.89. The second kappa shape index (κ2) is 4.17. The fraction of sp³-hybridized carbons (Fsp3) is 1.00. The van der Waals surface area contributed by atoms with Gasteiger partial charge in [-0.1, -0.05) is 0 Å². The standard InChI is InChI=1S/C4H8.6CH3.2H3Si.2Zn/c1-3-4-2;;;;;;;;;;/h1-4H2;8*1H3;;. The fourth-order valence-electron chi connectivity index (χ4n) is 2.35. The molecular formula is C10H32Si2Zn2. The van der Waals surface area contributed by atoms with Crippen molar-refractivity contribution in [2.75, 3.05) is 0 Å². The van der Waals surface area contributed by atoms with Crippen LogP contribution in [0.25, 0.3) is 0 Å². The topological polar surface area (TPSA) is 0 Å². The predicted octanol–water partition coefficient (Wildman–Crippen LogP) is 2.83. The second-order valence-electron chi connectivity index (χ2n) is 13.9. The molecule has 0 aliphatic heterocycles. The van der Waals surface area contributed by atoms with Gasteiger partial charge in [0.25, 0.3) is 0 Å². The molecule has 0 aromatic heterocycles. The quantitative estimate of drug-likeness (QED) is 0.534. The van der Waals surface area contributed by atoms with Gasteiger partial charge in [0.2, 0.25) is 0 Å². The van der Waals surface area contributed by atoms with Gasteiger partial charge in [0.15, 0.2) is 0 Å². The molecule has 0 fully saturated rings. The van der Waals surface area contributed by atoms with Gasteiger partial charge in [0.05, 0.1) is 0 Å². The monoisotopic (exact) mass is 336 g/mol. The molecule has 0 N–H and O–H groups in total. The van der Waals surface area contributed by atoms with Gasteiger partial charge in [-0.15, -0.1) is 0 Å². The molecule has 84 valence electrons. The maximum absolute atomic E-state index is 2.65. The Morgan fingerprint density at radius 1 is 0.643 bits per heavy atom. The molecule has 0 rings (SSSR count). The van der Waals surface area contributed by atoms with E-state index < -0.39 is 25.8 Å². The molecule has 14 heavy (non-hydrogen) atoms.